The van der Waals surface area contributed by atoms with Gasteiger partial charge in [-0.25, -0.2) is 9.98 Å². The molecular weight excluding hydrogens is 408 g/mol. The number of nitrogens with zero attached hydrogens (tertiary/aromatic N) is 4. The van der Waals surface area contributed by atoms with E-state index in [0.29, 0.717) is 36.2 Å². The molecule has 1 amide bonds. The van der Waals surface area contributed by atoms with Crippen molar-refractivity contribution in [3.8, 4) is 0 Å². The van der Waals surface area contributed by atoms with Gasteiger partial charge in [0.1, 0.15) is 0 Å². The van der Waals surface area contributed by atoms with Crippen LogP contribution in [0.3, 0.4) is 0 Å². The van der Waals surface area contributed by atoms with Crippen LogP contribution in [0.1, 0.15) is 17.3 Å². The number of aliphatic hydroxyl groups excluding tert-OH is 2. The second-order valence-corrected chi connectivity index (χ2v) is 8.20. The Morgan fingerprint density at radius 2 is 1.81 bits per heavy atom. The van der Waals surface area contributed by atoms with E-state index in [1.54, 1.807) is 31.3 Å². The third-order valence-corrected chi connectivity index (χ3v) is 5.84. The maximum atomic E-state index is 13.1. The molecule has 2 N–H and O–H groups in total. The number of rotatable bonds is 3. The predicted molar refractivity (Wildman–Crippen MR) is 122 cm³/mol. The second kappa shape index (κ2) is 7.90. The lowest BCUT2D eigenvalue weighted by molar-refractivity contribution is 0.0572. The number of pyridine rings is 1. The molecule has 1 aliphatic heterocycles. The minimum Gasteiger partial charge on any atom is -0.389 e. The van der Waals surface area contributed by atoms with Crippen molar-refractivity contribution in [1.82, 2.24) is 14.3 Å². The van der Waals surface area contributed by atoms with Gasteiger partial charge in [0.2, 0.25) is 0 Å². The summed E-state index contributed by atoms with van der Waals surface area (Å²) in [5.74, 6) is -0.493. The number of aliphatic hydroxyl groups is 2. The lowest BCUT2D eigenvalue weighted by Gasteiger charge is -2.14. The van der Waals surface area contributed by atoms with Gasteiger partial charge in [-0.1, -0.05) is 30.3 Å². The number of likely N-dealkylation sites (tertiary alicyclic amines) is 1. The number of β-amino-alcohol motifs (C(OH)–C–C–N with tert-alkyl or cyclic N) is 2. The molecule has 8 nitrogen and oxygen atoms in total. The van der Waals surface area contributed by atoms with Crippen molar-refractivity contribution in [1.29, 1.82) is 0 Å². The summed E-state index contributed by atoms with van der Waals surface area (Å²) in [5, 5.41) is 21.7. The van der Waals surface area contributed by atoms with Crippen LogP contribution in [0.5, 0.6) is 0 Å². The van der Waals surface area contributed by atoms with E-state index in [1.807, 2.05) is 35.2 Å². The molecule has 0 saturated carbocycles. The maximum absolute atomic E-state index is 13.1. The molecule has 0 unspecified atom stereocenters. The van der Waals surface area contributed by atoms with E-state index in [1.165, 1.54) is 4.40 Å². The highest BCUT2D eigenvalue weighted by atomic mass is 16.3. The first kappa shape index (κ1) is 20.4. The zero-order valence-corrected chi connectivity index (χ0v) is 17.5. The Bertz CT molecular complexity index is 1450. The van der Waals surface area contributed by atoms with E-state index >= 15 is 0 Å². The van der Waals surface area contributed by atoms with Crippen LogP contribution in [0.2, 0.25) is 0 Å². The van der Waals surface area contributed by atoms with Crippen LogP contribution in [0.25, 0.3) is 27.3 Å². The molecule has 2 aromatic heterocycles. The summed E-state index contributed by atoms with van der Waals surface area (Å²) in [6.45, 7) is 2.73. The van der Waals surface area contributed by atoms with Gasteiger partial charge in [-0.3, -0.25) is 18.9 Å². The summed E-state index contributed by atoms with van der Waals surface area (Å²) >= 11 is 0. The van der Waals surface area contributed by atoms with Crippen LogP contribution in [-0.4, -0.2) is 68.0 Å². The number of hydrogen-bond acceptors (Lipinski definition) is 6. The Kier molecular flexibility index (Phi) is 5.05. The number of carbonyl (C=O) groups is 1. The number of carbonyl (C=O) groups excluding carboxylic acids is 1. The molecule has 1 aliphatic rings. The van der Waals surface area contributed by atoms with Gasteiger partial charge >= 0.3 is 0 Å². The van der Waals surface area contributed by atoms with Gasteiger partial charge in [-0.05, 0) is 30.5 Å². The first-order valence-corrected chi connectivity index (χ1v) is 10.4. The topological polar surface area (TPSA) is 107 Å². The van der Waals surface area contributed by atoms with Gasteiger partial charge in [0, 0.05) is 36.9 Å². The smallest absolute Gasteiger partial charge is 0.280 e. The molecule has 162 valence electrons. The minimum absolute atomic E-state index is 0.236. The van der Waals surface area contributed by atoms with Crippen molar-refractivity contribution < 1.29 is 15.0 Å². The Morgan fingerprint density at radius 3 is 2.59 bits per heavy atom. The zero-order chi connectivity index (χ0) is 22.4. The van der Waals surface area contributed by atoms with Crippen molar-refractivity contribution in [2.45, 2.75) is 19.1 Å². The lowest BCUT2D eigenvalue weighted by atomic mass is 10.1. The van der Waals surface area contributed by atoms with Crippen molar-refractivity contribution in [3.63, 3.8) is 0 Å². The highest BCUT2D eigenvalue weighted by Crippen LogP contribution is 2.23. The van der Waals surface area contributed by atoms with E-state index in [2.05, 4.69) is 4.99 Å². The minimum atomic E-state index is -0.796. The number of fused-ring (bicyclic) bond motifs is 4. The van der Waals surface area contributed by atoms with Crippen LogP contribution in [0.15, 0.2) is 64.5 Å². The third-order valence-electron chi connectivity index (χ3n) is 5.84. The van der Waals surface area contributed by atoms with Crippen LogP contribution < -0.4 is 5.56 Å². The molecule has 5 rings (SSSR count). The van der Waals surface area contributed by atoms with E-state index in [0.717, 1.165) is 10.8 Å². The largest absolute Gasteiger partial charge is 0.389 e. The molecule has 0 spiro atoms. The first-order chi connectivity index (χ1) is 15.4. The molecule has 1 fully saturated rings. The summed E-state index contributed by atoms with van der Waals surface area (Å²) < 4.78 is 1.38. The van der Waals surface area contributed by atoms with E-state index in [9.17, 15) is 19.8 Å². The Hall–Kier alpha value is -3.46. The molecule has 2 atom stereocenters. The fourth-order valence-corrected chi connectivity index (χ4v) is 4.30. The summed E-state index contributed by atoms with van der Waals surface area (Å²) in [5.41, 5.74) is 1.35. The van der Waals surface area contributed by atoms with E-state index in [4.69, 9.17) is 4.98 Å². The molecule has 0 radical (unpaired) electrons. The van der Waals surface area contributed by atoms with Gasteiger partial charge in [0.25, 0.3) is 11.5 Å². The van der Waals surface area contributed by atoms with E-state index < -0.39 is 18.1 Å². The van der Waals surface area contributed by atoms with Crippen molar-refractivity contribution in [2.24, 2.45) is 4.99 Å². The fourth-order valence-electron chi connectivity index (χ4n) is 4.30. The Balaban J connectivity index is 1.58. The van der Waals surface area contributed by atoms with Crippen molar-refractivity contribution in [2.75, 3.05) is 19.6 Å². The molecule has 2 aromatic carbocycles. The molecule has 32 heavy (non-hydrogen) atoms. The lowest BCUT2D eigenvalue weighted by Crippen LogP contribution is -2.28. The number of benzene rings is 2. The van der Waals surface area contributed by atoms with Gasteiger partial charge < -0.3 is 10.2 Å². The summed E-state index contributed by atoms with van der Waals surface area (Å²) in [4.78, 5) is 36.9. The maximum Gasteiger partial charge on any atom is 0.280 e. The first-order valence-electron chi connectivity index (χ1n) is 10.4. The van der Waals surface area contributed by atoms with Gasteiger partial charge in [0.05, 0.1) is 28.7 Å². The molecule has 3 heterocycles. The zero-order valence-electron chi connectivity index (χ0n) is 17.5. The SMILES string of the molecule is CC(CN1C[C@H](O)[C@@H](O)C1)=NC(=O)c1cccn2c(=O)c3ccc4ccccc4c3nc12. The molecule has 8 heteroatoms. The average molecular weight is 430 g/mol. The summed E-state index contributed by atoms with van der Waals surface area (Å²) in [6, 6.07) is 14.6. The molecular formula is C24H22N4O4. The van der Waals surface area contributed by atoms with Crippen LogP contribution >= 0.6 is 0 Å². The Morgan fingerprint density at radius 1 is 1.06 bits per heavy atom. The monoisotopic (exact) mass is 430 g/mol. The third kappa shape index (κ3) is 3.48. The molecule has 4 aromatic rings. The van der Waals surface area contributed by atoms with Crippen LogP contribution in [0, 0.1) is 0 Å². The van der Waals surface area contributed by atoms with Crippen LogP contribution in [0.4, 0.5) is 0 Å². The predicted octanol–water partition coefficient (Wildman–Crippen LogP) is 1.64. The standard InChI is InChI=1S/C24H22N4O4/c1-14(11-27-12-19(29)20(30)13-27)25-23(31)18-7-4-10-28-22(18)26-21-16-6-3-2-5-15(16)8-9-17(21)24(28)32/h2-10,19-20,29-30H,11-13H2,1H3/t19-,20-/m0/s1. The van der Waals surface area contributed by atoms with Crippen molar-refractivity contribution in [3.05, 3.63) is 70.6 Å². The Labute approximate surface area is 183 Å². The fraction of sp³-hybridized carbons (Fsp3) is 0.250. The summed E-state index contributed by atoms with van der Waals surface area (Å²) in [7, 11) is 0. The molecule has 1 saturated heterocycles. The number of hydrogen-bond donors (Lipinski definition) is 2. The normalized spacial score (nSPS) is 19.9. The van der Waals surface area contributed by atoms with Gasteiger partial charge in [-0.2, -0.15) is 0 Å². The highest BCUT2D eigenvalue weighted by Gasteiger charge is 2.29. The van der Waals surface area contributed by atoms with Gasteiger partial charge in [-0.15, -0.1) is 0 Å². The van der Waals surface area contributed by atoms with Crippen LogP contribution in [-0.2, 0) is 0 Å². The molecule has 0 bridgehead atoms. The number of aromatic nitrogens is 2. The number of amides is 1. The van der Waals surface area contributed by atoms with Crippen molar-refractivity contribution >= 4 is 38.9 Å². The number of aliphatic imine (C=N–C) groups is 1. The average Bonchev–Trinajstić information content (AvgIpc) is 3.09. The highest BCUT2D eigenvalue weighted by molar-refractivity contribution is 6.09. The van der Waals surface area contributed by atoms with Gasteiger partial charge in [0.15, 0.2) is 5.65 Å². The quantitative estimate of drug-likeness (QED) is 0.291. The van der Waals surface area contributed by atoms with E-state index in [-0.39, 0.29) is 16.8 Å². The molecule has 0 aliphatic carbocycles. The second-order valence-electron chi connectivity index (χ2n) is 8.20. The summed E-state index contributed by atoms with van der Waals surface area (Å²) in [6.07, 6.45) is 0.00567.